The van der Waals surface area contributed by atoms with Crippen molar-refractivity contribution in [3.63, 3.8) is 0 Å². The van der Waals surface area contributed by atoms with Gasteiger partial charge in [-0.15, -0.1) is 11.3 Å². The Morgan fingerprint density at radius 3 is 2.52 bits per heavy atom. The predicted molar refractivity (Wildman–Crippen MR) is 107 cm³/mol. The highest BCUT2D eigenvalue weighted by atomic mass is 32.1. The monoisotopic (exact) mass is 416 g/mol. The van der Waals surface area contributed by atoms with E-state index in [1.54, 1.807) is 35.2 Å². The van der Waals surface area contributed by atoms with Crippen molar-refractivity contribution >= 4 is 39.0 Å². The summed E-state index contributed by atoms with van der Waals surface area (Å²) in [5, 5.41) is 0.623. The molecule has 1 aromatic heterocycles. The Hall–Kier alpha value is -3.00. The van der Waals surface area contributed by atoms with Gasteiger partial charge in [-0.3, -0.25) is 4.79 Å². The number of anilines is 1. The molecule has 1 amide bonds. The van der Waals surface area contributed by atoms with E-state index in [-0.39, 0.29) is 24.1 Å². The number of piperazine rings is 1. The molecule has 0 N–H and O–H groups in total. The number of esters is 1. The molecule has 1 fully saturated rings. The van der Waals surface area contributed by atoms with E-state index in [4.69, 9.17) is 4.74 Å². The molecule has 0 bridgehead atoms. The van der Waals surface area contributed by atoms with E-state index in [0.29, 0.717) is 42.1 Å². The molecular weight excluding hydrogens is 398 g/mol. The number of hydrogen-bond acceptors (Lipinski definition) is 5. The highest BCUT2D eigenvalue weighted by molar-refractivity contribution is 7.20. The summed E-state index contributed by atoms with van der Waals surface area (Å²) < 4.78 is 33.1. The zero-order chi connectivity index (χ0) is 20.4. The maximum atomic E-state index is 13.9. The number of thiophene rings is 1. The van der Waals surface area contributed by atoms with Gasteiger partial charge in [0.2, 0.25) is 0 Å². The molecule has 0 radical (unpaired) electrons. The van der Waals surface area contributed by atoms with E-state index < -0.39 is 5.97 Å². The maximum absolute atomic E-state index is 13.9. The largest absolute Gasteiger partial charge is 0.451 e. The lowest BCUT2D eigenvalue weighted by atomic mass is 10.2. The molecule has 0 saturated carbocycles. The number of rotatable bonds is 4. The summed E-state index contributed by atoms with van der Waals surface area (Å²) in [5.74, 6) is -1.56. The van der Waals surface area contributed by atoms with E-state index >= 15 is 0 Å². The van der Waals surface area contributed by atoms with Gasteiger partial charge in [-0.2, -0.15) is 0 Å². The number of carbonyl (C=O) groups is 2. The van der Waals surface area contributed by atoms with Gasteiger partial charge in [-0.05, 0) is 41.8 Å². The van der Waals surface area contributed by atoms with Crippen molar-refractivity contribution in [3.8, 4) is 0 Å². The molecule has 4 rings (SSSR count). The lowest BCUT2D eigenvalue weighted by molar-refractivity contribution is -0.134. The number of amides is 1. The van der Waals surface area contributed by atoms with Gasteiger partial charge in [0.1, 0.15) is 16.5 Å². The van der Waals surface area contributed by atoms with Crippen molar-refractivity contribution < 1.29 is 23.1 Å². The molecule has 0 spiro atoms. The van der Waals surface area contributed by atoms with Gasteiger partial charge in [-0.1, -0.05) is 12.1 Å². The van der Waals surface area contributed by atoms with Gasteiger partial charge in [-0.25, -0.2) is 13.6 Å². The fourth-order valence-electron chi connectivity index (χ4n) is 3.31. The van der Waals surface area contributed by atoms with Crippen LogP contribution in [0.15, 0.2) is 48.5 Å². The number of para-hydroxylation sites is 1. The van der Waals surface area contributed by atoms with Crippen LogP contribution in [0.25, 0.3) is 10.1 Å². The maximum Gasteiger partial charge on any atom is 0.348 e. The average molecular weight is 416 g/mol. The second-order valence-corrected chi connectivity index (χ2v) is 7.77. The van der Waals surface area contributed by atoms with Crippen molar-refractivity contribution in [2.75, 3.05) is 37.7 Å². The fraction of sp³-hybridized carbons (Fsp3) is 0.238. The van der Waals surface area contributed by atoms with Crippen LogP contribution in [0.3, 0.4) is 0 Å². The highest BCUT2D eigenvalue weighted by Crippen LogP contribution is 2.27. The second kappa shape index (κ2) is 8.16. The van der Waals surface area contributed by atoms with Crippen molar-refractivity contribution in [2.24, 2.45) is 0 Å². The molecule has 5 nitrogen and oxygen atoms in total. The molecule has 150 valence electrons. The van der Waals surface area contributed by atoms with E-state index in [1.807, 2.05) is 4.90 Å². The molecule has 8 heteroatoms. The van der Waals surface area contributed by atoms with E-state index in [9.17, 15) is 18.4 Å². The van der Waals surface area contributed by atoms with E-state index in [1.165, 1.54) is 29.5 Å². The van der Waals surface area contributed by atoms with Crippen LogP contribution >= 0.6 is 11.3 Å². The quantitative estimate of drug-likeness (QED) is 0.609. The van der Waals surface area contributed by atoms with Gasteiger partial charge in [0.15, 0.2) is 6.61 Å². The molecule has 0 aliphatic carbocycles. The first kappa shape index (κ1) is 19.3. The number of benzene rings is 2. The minimum absolute atomic E-state index is 0.288. The molecule has 2 heterocycles. The number of hydrogen-bond donors (Lipinski definition) is 0. The highest BCUT2D eigenvalue weighted by Gasteiger charge is 2.24. The normalized spacial score (nSPS) is 14.3. The summed E-state index contributed by atoms with van der Waals surface area (Å²) in [6.07, 6.45) is 0. The Labute approximate surface area is 170 Å². The molecule has 1 aliphatic rings. The van der Waals surface area contributed by atoms with Crippen molar-refractivity contribution in [1.29, 1.82) is 0 Å². The number of nitrogens with zero attached hydrogens (tertiary/aromatic N) is 2. The summed E-state index contributed by atoms with van der Waals surface area (Å²) >= 11 is 1.19. The molecule has 29 heavy (non-hydrogen) atoms. The number of halogens is 2. The fourth-order valence-corrected chi connectivity index (χ4v) is 4.25. The van der Waals surface area contributed by atoms with Crippen molar-refractivity contribution in [1.82, 2.24) is 4.90 Å². The van der Waals surface area contributed by atoms with Gasteiger partial charge in [0.05, 0.1) is 5.69 Å². The minimum Gasteiger partial charge on any atom is -0.451 e. The molecule has 2 aromatic carbocycles. The Bertz CT molecular complexity index is 1060. The van der Waals surface area contributed by atoms with Crippen molar-refractivity contribution in [3.05, 3.63) is 65.0 Å². The summed E-state index contributed by atoms with van der Waals surface area (Å²) in [5.41, 5.74) is 0.521. The molecule has 1 saturated heterocycles. The Morgan fingerprint density at radius 1 is 1.00 bits per heavy atom. The number of carbonyl (C=O) groups excluding carboxylic acids is 2. The van der Waals surface area contributed by atoms with Crippen LogP contribution in [0.5, 0.6) is 0 Å². The topological polar surface area (TPSA) is 49.9 Å². The first-order valence-corrected chi connectivity index (χ1v) is 9.96. The van der Waals surface area contributed by atoms with Crippen molar-refractivity contribution in [2.45, 2.75) is 0 Å². The van der Waals surface area contributed by atoms with Crippen LogP contribution in [0.1, 0.15) is 9.67 Å². The number of ether oxygens (including phenoxy) is 1. The van der Waals surface area contributed by atoms with Crippen LogP contribution in [-0.4, -0.2) is 49.6 Å². The Balaban J connectivity index is 1.30. The lowest BCUT2D eigenvalue weighted by Crippen LogP contribution is -2.50. The molecule has 0 atom stereocenters. The second-order valence-electron chi connectivity index (χ2n) is 6.69. The molecule has 0 unspecified atom stereocenters. The third kappa shape index (κ3) is 4.22. The van der Waals surface area contributed by atoms with Gasteiger partial charge < -0.3 is 14.5 Å². The number of fused-ring (bicyclic) bond motifs is 1. The van der Waals surface area contributed by atoms with Crippen LogP contribution in [0, 0.1) is 11.6 Å². The van der Waals surface area contributed by atoms with E-state index in [0.717, 1.165) is 4.70 Å². The van der Waals surface area contributed by atoms with E-state index in [2.05, 4.69) is 0 Å². The van der Waals surface area contributed by atoms with Crippen LogP contribution < -0.4 is 4.90 Å². The Kier molecular flexibility index (Phi) is 5.44. The minimum atomic E-state index is -0.607. The summed E-state index contributed by atoms with van der Waals surface area (Å²) in [4.78, 5) is 28.4. The third-order valence-corrected chi connectivity index (χ3v) is 5.93. The first-order chi connectivity index (χ1) is 14.0. The first-order valence-electron chi connectivity index (χ1n) is 9.15. The SMILES string of the molecule is O=C(OCC(=O)N1CCN(c2ccccc2F)CC1)c1cc2cc(F)ccc2s1. The third-order valence-electron chi connectivity index (χ3n) is 4.83. The van der Waals surface area contributed by atoms with Gasteiger partial charge in [0.25, 0.3) is 5.91 Å². The van der Waals surface area contributed by atoms with Crippen LogP contribution in [0.2, 0.25) is 0 Å². The molecule has 1 aliphatic heterocycles. The zero-order valence-electron chi connectivity index (χ0n) is 15.4. The summed E-state index contributed by atoms with van der Waals surface area (Å²) in [6.45, 7) is 1.49. The average Bonchev–Trinajstić information content (AvgIpc) is 3.15. The summed E-state index contributed by atoms with van der Waals surface area (Å²) in [7, 11) is 0. The lowest BCUT2D eigenvalue weighted by Gasteiger charge is -2.36. The smallest absolute Gasteiger partial charge is 0.348 e. The molecular formula is C21H18F2N2O3S. The molecule has 3 aromatic rings. The standard InChI is InChI=1S/C21H18F2N2O3S/c22-15-5-6-18-14(11-15)12-19(29-18)21(27)28-13-20(26)25-9-7-24(8-10-25)17-4-2-1-3-16(17)23/h1-6,11-12H,7-10,13H2. The van der Waals surface area contributed by atoms with Crippen LogP contribution in [-0.2, 0) is 9.53 Å². The Morgan fingerprint density at radius 2 is 1.76 bits per heavy atom. The van der Waals surface area contributed by atoms with Gasteiger partial charge in [0, 0.05) is 30.9 Å². The predicted octanol–water partition coefficient (Wildman–Crippen LogP) is 3.69. The summed E-state index contributed by atoms with van der Waals surface area (Å²) in [6, 6.07) is 12.4. The van der Waals surface area contributed by atoms with Gasteiger partial charge >= 0.3 is 5.97 Å². The zero-order valence-corrected chi connectivity index (χ0v) is 16.3. The van der Waals surface area contributed by atoms with Crippen LogP contribution in [0.4, 0.5) is 14.5 Å².